The first-order valence-electron chi connectivity index (χ1n) is 4.43. The number of benzene rings is 1. The van der Waals surface area contributed by atoms with E-state index in [1.54, 1.807) is 6.20 Å². The van der Waals surface area contributed by atoms with E-state index in [1.165, 1.54) is 0 Å². The molecule has 1 N–H and O–H groups in total. The molecule has 2 aromatic rings. The summed E-state index contributed by atoms with van der Waals surface area (Å²) in [5.74, 6) is 0. The van der Waals surface area contributed by atoms with Crippen LogP contribution < -0.4 is 5.32 Å². The van der Waals surface area contributed by atoms with Crippen LogP contribution in [0.3, 0.4) is 0 Å². The highest BCUT2D eigenvalue weighted by Crippen LogP contribution is 2.19. The van der Waals surface area contributed by atoms with Gasteiger partial charge in [0.25, 0.3) is 0 Å². The van der Waals surface area contributed by atoms with E-state index in [-0.39, 0.29) is 0 Å². The van der Waals surface area contributed by atoms with Crippen LogP contribution in [0.5, 0.6) is 0 Å². The van der Waals surface area contributed by atoms with Gasteiger partial charge in [0, 0.05) is 11.6 Å². The van der Waals surface area contributed by atoms with Crippen LogP contribution in [-0.2, 0) is 4.79 Å². The Balaban J connectivity index is 2.48. The molecule has 0 fully saturated rings. The predicted octanol–water partition coefficient (Wildman–Crippen LogP) is 1.85. The van der Waals surface area contributed by atoms with Crippen molar-refractivity contribution in [3.63, 3.8) is 0 Å². The highest BCUT2D eigenvalue weighted by atomic mass is 16.1. The Bertz CT molecular complexity index is 448. The average molecular weight is 186 g/mol. The Labute approximate surface area is 81.8 Å². The number of para-hydroxylation sites is 1. The molecule has 1 heterocycles. The molecular formula is C11H10N2O. The predicted molar refractivity (Wildman–Crippen MR) is 56.3 cm³/mol. The van der Waals surface area contributed by atoms with Crippen molar-refractivity contribution in [1.82, 2.24) is 4.98 Å². The second-order valence-electron chi connectivity index (χ2n) is 2.93. The first-order chi connectivity index (χ1) is 6.92. The van der Waals surface area contributed by atoms with Crippen molar-refractivity contribution in [3.05, 3.63) is 36.5 Å². The largest absolute Gasteiger partial charge is 0.376 e. The molecule has 3 heteroatoms. The summed E-state index contributed by atoms with van der Waals surface area (Å²) in [4.78, 5) is 14.5. The summed E-state index contributed by atoms with van der Waals surface area (Å²) >= 11 is 0. The van der Waals surface area contributed by atoms with Gasteiger partial charge < -0.3 is 10.1 Å². The molecule has 0 bridgehead atoms. The van der Waals surface area contributed by atoms with Crippen LogP contribution in [-0.4, -0.2) is 17.8 Å². The summed E-state index contributed by atoms with van der Waals surface area (Å²) in [7, 11) is 0. The third-order valence-electron chi connectivity index (χ3n) is 2.01. The molecule has 70 valence electrons. The molecule has 0 amide bonds. The van der Waals surface area contributed by atoms with E-state index in [2.05, 4.69) is 10.3 Å². The quantitative estimate of drug-likeness (QED) is 0.744. The number of rotatable bonds is 3. The maximum atomic E-state index is 10.2. The van der Waals surface area contributed by atoms with Gasteiger partial charge in [-0.25, -0.2) is 0 Å². The standard InChI is InChI=1S/C11H10N2O/c14-8-7-12-10-5-1-3-9-4-2-6-13-11(9)10/h1-6,8,12H,7H2. The number of carbonyl (C=O) groups excluding carboxylic acids is 1. The van der Waals surface area contributed by atoms with Crippen LogP contribution >= 0.6 is 0 Å². The lowest BCUT2D eigenvalue weighted by atomic mass is 10.2. The van der Waals surface area contributed by atoms with Gasteiger partial charge in [-0.2, -0.15) is 0 Å². The molecule has 0 aliphatic heterocycles. The summed E-state index contributed by atoms with van der Waals surface area (Å²) in [6.07, 6.45) is 2.58. The summed E-state index contributed by atoms with van der Waals surface area (Å²) in [5.41, 5.74) is 1.80. The summed E-state index contributed by atoms with van der Waals surface area (Å²) in [6, 6.07) is 9.74. The number of aromatic nitrogens is 1. The second kappa shape index (κ2) is 3.87. The number of pyridine rings is 1. The topological polar surface area (TPSA) is 42.0 Å². The monoisotopic (exact) mass is 186 g/mol. The molecule has 14 heavy (non-hydrogen) atoms. The van der Waals surface area contributed by atoms with E-state index >= 15 is 0 Å². The van der Waals surface area contributed by atoms with Gasteiger partial charge in [-0.05, 0) is 12.1 Å². The summed E-state index contributed by atoms with van der Waals surface area (Å²) in [5, 5.41) is 4.08. The van der Waals surface area contributed by atoms with E-state index in [9.17, 15) is 4.79 Å². The zero-order chi connectivity index (χ0) is 9.80. The summed E-state index contributed by atoms with van der Waals surface area (Å²) < 4.78 is 0. The Morgan fingerprint density at radius 2 is 2.14 bits per heavy atom. The van der Waals surface area contributed by atoms with Gasteiger partial charge in [0.1, 0.15) is 6.29 Å². The normalized spacial score (nSPS) is 10.0. The number of hydrogen-bond acceptors (Lipinski definition) is 3. The highest BCUT2D eigenvalue weighted by Gasteiger charge is 1.99. The van der Waals surface area contributed by atoms with Gasteiger partial charge in [-0.15, -0.1) is 0 Å². The molecule has 0 aliphatic rings. The fourth-order valence-corrected chi connectivity index (χ4v) is 1.40. The molecule has 0 aliphatic carbocycles. The lowest BCUT2D eigenvalue weighted by Crippen LogP contribution is -2.02. The van der Waals surface area contributed by atoms with Crippen LogP contribution in [0.2, 0.25) is 0 Å². The van der Waals surface area contributed by atoms with Crippen LogP contribution in [0.4, 0.5) is 5.69 Å². The first kappa shape index (κ1) is 8.69. The molecule has 2 rings (SSSR count). The third-order valence-corrected chi connectivity index (χ3v) is 2.01. The fourth-order valence-electron chi connectivity index (χ4n) is 1.40. The van der Waals surface area contributed by atoms with E-state index < -0.39 is 0 Å². The number of nitrogens with one attached hydrogen (secondary N) is 1. The van der Waals surface area contributed by atoms with E-state index in [1.807, 2.05) is 30.3 Å². The van der Waals surface area contributed by atoms with Gasteiger partial charge in [-0.3, -0.25) is 4.98 Å². The van der Waals surface area contributed by atoms with Gasteiger partial charge in [0.2, 0.25) is 0 Å². The van der Waals surface area contributed by atoms with Crippen molar-refractivity contribution < 1.29 is 4.79 Å². The molecule has 0 unspecified atom stereocenters. The van der Waals surface area contributed by atoms with E-state index in [0.29, 0.717) is 6.54 Å². The van der Waals surface area contributed by atoms with Crippen molar-refractivity contribution in [2.24, 2.45) is 0 Å². The molecule has 0 atom stereocenters. The lowest BCUT2D eigenvalue weighted by molar-refractivity contribution is -0.106. The fraction of sp³-hybridized carbons (Fsp3) is 0.0909. The molecule has 0 radical (unpaired) electrons. The van der Waals surface area contributed by atoms with Crippen molar-refractivity contribution in [2.75, 3.05) is 11.9 Å². The van der Waals surface area contributed by atoms with Crippen LogP contribution in [0.1, 0.15) is 0 Å². The Hall–Kier alpha value is -1.90. The molecule has 0 spiro atoms. The molecular weight excluding hydrogens is 176 g/mol. The summed E-state index contributed by atoms with van der Waals surface area (Å²) in [6.45, 7) is 0.315. The van der Waals surface area contributed by atoms with Crippen molar-refractivity contribution >= 4 is 22.9 Å². The molecule has 0 saturated heterocycles. The van der Waals surface area contributed by atoms with Crippen molar-refractivity contribution in [2.45, 2.75) is 0 Å². The number of fused-ring (bicyclic) bond motifs is 1. The Kier molecular flexibility index (Phi) is 2.40. The zero-order valence-electron chi connectivity index (χ0n) is 7.60. The minimum absolute atomic E-state index is 0.315. The van der Waals surface area contributed by atoms with Crippen molar-refractivity contribution in [3.8, 4) is 0 Å². The lowest BCUT2D eigenvalue weighted by Gasteiger charge is -2.05. The first-order valence-corrected chi connectivity index (χ1v) is 4.43. The number of nitrogens with zero attached hydrogens (tertiary/aromatic N) is 1. The van der Waals surface area contributed by atoms with Crippen LogP contribution in [0, 0.1) is 0 Å². The number of aldehydes is 1. The van der Waals surface area contributed by atoms with Crippen molar-refractivity contribution in [1.29, 1.82) is 0 Å². The highest BCUT2D eigenvalue weighted by molar-refractivity contribution is 5.90. The Morgan fingerprint density at radius 1 is 1.29 bits per heavy atom. The maximum Gasteiger partial charge on any atom is 0.139 e. The van der Waals surface area contributed by atoms with E-state index in [4.69, 9.17) is 0 Å². The molecule has 1 aromatic carbocycles. The van der Waals surface area contributed by atoms with Gasteiger partial charge in [-0.1, -0.05) is 18.2 Å². The minimum atomic E-state index is 0.315. The Morgan fingerprint density at radius 3 is 3.00 bits per heavy atom. The van der Waals surface area contributed by atoms with E-state index in [0.717, 1.165) is 22.9 Å². The van der Waals surface area contributed by atoms with Gasteiger partial charge >= 0.3 is 0 Å². The third kappa shape index (κ3) is 1.57. The molecule has 3 nitrogen and oxygen atoms in total. The smallest absolute Gasteiger partial charge is 0.139 e. The average Bonchev–Trinajstić information content (AvgIpc) is 2.26. The van der Waals surface area contributed by atoms with Crippen LogP contribution in [0.15, 0.2) is 36.5 Å². The molecule has 1 aromatic heterocycles. The number of anilines is 1. The number of carbonyl (C=O) groups is 1. The van der Waals surface area contributed by atoms with Gasteiger partial charge in [0.05, 0.1) is 17.7 Å². The molecule has 0 saturated carbocycles. The number of hydrogen-bond donors (Lipinski definition) is 1. The second-order valence-corrected chi connectivity index (χ2v) is 2.93. The SMILES string of the molecule is O=CCNc1cccc2cccnc12. The van der Waals surface area contributed by atoms with Gasteiger partial charge in [0.15, 0.2) is 0 Å². The zero-order valence-corrected chi connectivity index (χ0v) is 7.60. The maximum absolute atomic E-state index is 10.2. The minimum Gasteiger partial charge on any atom is -0.376 e. The van der Waals surface area contributed by atoms with Crippen LogP contribution in [0.25, 0.3) is 10.9 Å².